The Balaban J connectivity index is 2.01. The summed E-state index contributed by atoms with van der Waals surface area (Å²) >= 11 is 12.2. The van der Waals surface area contributed by atoms with Crippen LogP contribution in [0.3, 0.4) is 0 Å². The Labute approximate surface area is 133 Å². The van der Waals surface area contributed by atoms with Gasteiger partial charge in [0.1, 0.15) is 11.4 Å². The van der Waals surface area contributed by atoms with Gasteiger partial charge in [0.2, 0.25) is 0 Å². The van der Waals surface area contributed by atoms with E-state index in [1.165, 1.54) is 0 Å². The van der Waals surface area contributed by atoms with Crippen LogP contribution in [0.5, 0.6) is 5.75 Å². The van der Waals surface area contributed by atoms with E-state index in [9.17, 15) is 4.79 Å². The molecule has 0 bridgehead atoms. The van der Waals surface area contributed by atoms with Gasteiger partial charge in [-0.25, -0.2) is 0 Å². The van der Waals surface area contributed by atoms with Crippen LogP contribution >= 0.6 is 23.2 Å². The topological polar surface area (TPSA) is 26.3 Å². The second kappa shape index (κ2) is 5.04. The summed E-state index contributed by atoms with van der Waals surface area (Å²) in [6.45, 7) is 4.05. The van der Waals surface area contributed by atoms with Crippen molar-refractivity contribution >= 4 is 29.0 Å². The molecule has 3 rings (SSSR count). The van der Waals surface area contributed by atoms with Crippen LogP contribution in [-0.2, 0) is 6.42 Å². The molecule has 0 radical (unpaired) electrons. The second-order valence-corrected chi connectivity index (χ2v) is 6.60. The molecule has 0 N–H and O–H groups in total. The predicted octanol–water partition coefficient (Wildman–Crippen LogP) is 4.94. The molecule has 0 fully saturated rings. The van der Waals surface area contributed by atoms with Gasteiger partial charge >= 0.3 is 0 Å². The lowest BCUT2D eigenvalue weighted by Crippen LogP contribution is -2.24. The molecule has 0 spiro atoms. The molecule has 21 heavy (non-hydrogen) atoms. The molecule has 108 valence electrons. The molecule has 1 aliphatic heterocycles. The van der Waals surface area contributed by atoms with Crippen LogP contribution in [0, 0.1) is 0 Å². The first-order chi connectivity index (χ1) is 9.87. The Morgan fingerprint density at radius 1 is 1.14 bits per heavy atom. The maximum Gasteiger partial charge on any atom is 0.196 e. The number of carbonyl (C=O) groups is 1. The maximum atomic E-state index is 12.6. The summed E-state index contributed by atoms with van der Waals surface area (Å²) in [5.74, 6) is 0.667. The molecule has 0 saturated heterocycles. The van der Waals surface area contributed by atoms with Crippen LogP contribution in [0.2, 0.25) is 10.0 Å². The Kier molecular flexibility index (Phi) is 3.46. The van der Waals surface area contributed by atoms with E-state index in [1.807, 2.05) is 26.0 Å². The van der Waals surface area contributed by atoms with Crippen molar-refractivity contribution in [3.8, 4) is 5.75 Å². The third-order valence-electron chi connectivity index (χ3n) is 3.51. The molecule has 0 saturated carbocycles. The highest BCUT2D eigenvalue weighted by atomic mass is 35.5. The molecule has 2 aromatic rings. The number of carbonyl (C=O) groups excluding carboxylic acids is 1. The van der Waals surface area contributed by atoms with Gasteiger partial charge in [-0.2, -0.15) is 0 Å². The maximum absolute atomic E-state index is 12.6. The third kappa shape index (κ3) is 2.66. The highest BCUT2D eigenvalue weighted by molar-refractivity contribution is 6.41. The highest BCUT2D eigenvalue weighted by Gasteiger charge is 2.30. The van der Waals surface area contributed by atoms with Crippen molar-refractivity contribution in [3.63, 3.8) is 0 Å². The van der Waals surface area contributed by atoms with Gasteiger partial charge in [-0.1, -0.05) is 29.3 Å². The SMILES string of the molecule is CC1(C)Cc2cc(C(=O)c3c(Cl)cccc3Cl)ccc2O1. The Hall–Kier alpha value is -1.51. The van der Waals surface area contributed by atoms with Gasteiger partial charge in [0.15, 0.2) is 5.78 Å². The molecule has 0 aromatic heterocycles. The number of ether oxygens (including phenoxy) is 1. The number of ketones is 1. The van der Waals surface area contributed by atoms with E-state index in [1.54, 1.807) is 24.3 Å². The Morgan fingerprint density at radius 2 is 1.81 bits per heavy atom. The molecule has 2 nitrogen and oxygen atoms in total. The van der Waals surface area contributed by atoms with E-state index in [0.29, 0.717) is 21.2 Å². The van der Waals surface area contributed by atoms with Crippen LogP contribution < -0.4 is 4.74 Å². The number of hydrogen-bond acceptors (Lipinski definition) is 2. The van der Waals surface area contributed by atoms with Crippen molar-refractivity contribution in [1.29, 1.82) is 0 Å². The zero-order chi connectivity index (χ0) is 15.2. The van der Waals surface area contributed by atoms with Crippen LogP contribution in [0.1, 0.15) is 35.3 Å². The van der Waals surface area contributed by atoms with Crippen molar-refractivity contribution in [3.05, 3.63) is 63.1 Å². The number of benzene rings is 2. The summed E-state index contributed by atoms with van der Waals surface area (Å²) in [5, 5.41) is 0.731. The van der Waals surface area contributed by atoms with Gasteiger partial charge in [-0.15, -0.1) is 0 Å². The minimum Gasteiger partial charge on any atom is -0.487 e. The van der Waals surface area contributed by atoms with Gasteiger partial charge in [0.25, 0.3) is 0 Å². The summed E-state index contributed by atoms with van der Waals surface area (Å²) in [6.07, 6.45) is 0.777. The van der Waals surface area contributed by atoms with Crippen LogP contribution in [-0.4, -0.2) is 11.4 Å². The lowest BCUT2D eigenvalue weighted by atomic mass is 9.97. The van der Waals surface area contributed by atoms with E-state index in [4.69, 9.17) is 27.9 Å². The number of hydrogen-bond donors (Lipinski definition) is 0. The first kappa shape index (κ1) is 14.4. The lowest BCUT2D eigenvalue weighted by Gasteiger charge is -2.16. The molecule has 2 aromatic carbocycles. The fourth-order valence-corrected chi connectivity index (χ4v) is 3.18. The fourth-order valence-electron chi connectivity index (χ4n) is 2.61. The van der Waals surface area contributed by atoms with Gasteiger partial charge in [-0.05, 0) is 49.7 Å². The van der Waals surface area contributed by atoms with Crippen LogP contribution in [0.25, 0.3) is 0 Å². The van der Waals surface area contributed by atoms with E-state index in [-0.39, 0.29) is 11.4 Å². The number of rotatable bonds is 2. The first-order valence-corrected chi connectivity index (χ1v) is 7.44. The minimum absolute atomic E-state index is 0.168. The highest BCUT2D eigenvalue weighted by Crippen LogP contribution is 2.36. The van der Waals surface area contributed by atoms with Crippen LogP contribution in [0.4, 0.5) is 0 Å². The monoisotopic (exact) mass is 320 g/mol. The van der Waals surface area contributed by atoms with E-state index in [0.717, 1.165) is 17.7 Å². The third-order valence-corrected chi connectivity index (χ3v) is 4.14. The fraction of sp³-hybridized carbons (Fsp3) is 0.235. The minimum atomic E-state index is -0.230. The molecule has 4 heteroatoms. The predicted molar refractivity (Wildman–Crippen MR) is 84.7 cm³/mol. The summed E-state index contributed by atoms with van der Waals surface area (Å²) in [7, 11) is 0. The average Bonchev–Trinajstić information content (AvgIpc) is 2.70. The summed E-state index contributed by atoms with van der Waals surface area (Å²) in [6, 6.07) is 10.5. The first-order valence-electron chi connectivity index (χ1n) is 6.68. The van der Waals surface area contributed by atoms with Crippen molar-refractivity contribution < 1.29 is 9.53 Å². The molecule has 0 unspecified atom stereocenters. The zero-order valence-corrected chi connectivity index (χ0v) is 13.3. The summed E-state index contributed by atoms with van der Waals surface area (Å²) in [5.41, 5.74) is 1.73. The van der Waals surface area contributed by atoms with Crippen molar-refractivity contribution in [2.75, 3.05) is 0 Å². The normalized spacial score (nSPS) is 15.4. The van der Waals surface area contributed by atoms with Crippen molar-refractivity contribution in [2.24, 2.45) is 0 Å². The van der Waals surface area contributed by atoms with Crippen LogP contribution in [0.15, 0.2) is 36.4 Å². The standard InChI is InChI=1S/C17H14Cl2O2/c1-17(2)9-11-8-10(6-7-14(11)21-17)16(20)15-12(18)4-3-5-13(15)19/h3-8H,9H2,1-2H3. The molecule has 1 aliphatic rings. The average molecular weight is 321 g/mol. The smallest absolute Gasteiger partial charge is 0.196 e. The largest absolute Gasteiger partial charge is 0.487 e. The summed E-state index contributed by atoms with van der Waals surface area (Å²) in [4.78, 5) is 12.6. The Morgan fingerprint density at radius 3 is 2.48 bits per heavy atom. The zero-order valence-electron chi connectivity index (χ0n) is 11.7. The van der Waals surface area contributed by atoms with E-state index < -0.39 is 0 Å². The van der Waals surface area contributed by atoms with Crippen molar-refractivity contribution in [2.45, 2.75) is 25.9 Å². The van der Waals surface area contributed by atoms with Gasteiger partial charge in [0.05, 0.1) is 15.6 Å². The molecular formula is C17H14Cl2O2. The van der Waals surface area contributed by atoms with E-state index >= 15 is 0 Å². The molecule has 1 heterocycles. The Bertz CT molecular complexity index is 715. The molecule has 0 atom stereocenters. The second-order valence-electron chi connectivity index (χ2n) is 5.79. The molecule has 0 amide bonds. The van der Waals surface area contributed by atoms with E-state index in [2.05, 4.69) is 0 Å². The molecule has 0 aliphatic carbocycles. The number of halogens is 2. The summed E-state index contributed by atoms with van der Waals surface area (Å²) < 4.78 is 5.82. The number of fused-ring (bicyclic) bond motifs is 1. The quantitative estimate of drug-likeness (QED) is 0.733. The van der Waals surface area contributed by atoms with Gasteiger partial charge < -0.3 is 4.74 Å². The van der Waals surface area contributed by atoms with Crippen molar-refractivity contribution in [1.82, 2.24) is 0 Å². The van der Waals surface area contributed by atoms with Gasteiger partial charge in [-0.3, -0.25) is 4.79 Å². The lowest BCUT2D eigenvalue weighted by molar-refractivity contribution is 0.103. The molecular weight excluding hydrogens is 307 g/mol. The van der Waals surface area contributed by atoms with Gasteiger partial charge in [0, 0.05) is 12.0 Å².